The zero-order chi connectivity index (χ0) is 13.8. The molecule has 0 saturated carbocycles. The monoisotopic (exact) mass is 265 g/mol. The topological polar surface area (TPSA) is 57.9 Å². The molecule has 0 aromatic heterocycles. The molecule has 0 aliphatic carbocycles. The summed E-state index contributed by atoms with van der Waals surface area (Å²) in [7, 11) is -3.20. The largest absolute Gasteiger partial charge is 0.223 e. The molecule has 0 bridgehead atoms. The highest BCUT2D eigenvalue weighted by Gasteiger charge is 2.18. The molecule has 0 amide bonds. The number of nitrogens with zero attached hydrogens (tertiary/aromatic N) is 1. The number of rotatable bonds is 5. The molecule has 0 saturated heterocycles. The van der Waals surface area contributed by atoms with E-state index in [2.05, 4.69) is 6.07 Å². The molecule has 0 heterocycles. The summed E-state index contributed by atoms with van der Waals surface area (Å²) in [5.41, 5.74) is 1.01. The minimum absolute atomic E-state index is 0.00226. The normalized spacial score (nSPS) is 13.3. The molecular formula is C14H19NO2S. The molecule has 1 aromatic carbocycles. The molecule has 0 aliphatic heterocycles. The first-order valence-electron chi connectivity index (χ1n) is 6.14. The SMILES string of the molecule is CCC(C#N)Cc1ccc(S(=O)(=O)C(C)C)cc1. The van der Waals surface area contributed by atoms with Crippen LogP contribution in [0.1, 0.15) is 32.8 Å². The molecule has 1 atom stereocenters. The predicted octanol–water partition coefficient (Wildman–Crippen LogP) is 2.96. The number of hydrogen-bond donors (Lipinski definition) is 0. The van der Waals surface area contributed by atoms with Gasteiger partial charge in [0.1, 0.15) is 0 Å². The quantitative estimate of drug-likeness (QED) is 0.822. The van der Waals surface area contributed by atoms with Gasteiger partial charge in [0.15, 0.2) is 9.84 Å². The van der Waals surface area contributed by atoms with Gasteiger partial charge >= 0.3 is 0 Å². The van der Waals surface area contributed by atoms with E-state index in [9.17, 15) is 8.42 Å². The Hall–Kier alpha value is -1.34. The molecule has 0 radical (unpaired) electrons. The van der Waals surface area contributed by atoms with Crippen molar-refractivity contribution >= 4 is 9.84 Å². The maximum absolute atomic E-state index is 11.9. The smallest absolute Gasteiger partial charge is 0.180 e. The van der Waals surface area contributed by atoms with Crippen LogP contribution >= 0.6 is 0 Å². The van der Waals surface area contributed by atoms with Gasteiger partial charge in [0.25, 0.3) is 0 Å². The molecule has 1 aromatic rings. The average molecular weight is 265 g/mol. The molecule has 1 rings (SSSR count). The summed E-state index contributed by atoms with van der Waals surface area (Å²) in [5.74, 6) is -0.00226. The second-order valence-electron chi connectivity index (χ2n) is 4.68. The maximum Gasteiger partial charge on any atom is 0.180 e. The molecule has 1 unspecified atom stereocenters. The van der Waals surface area contributed by atoms with Gasteiger partial charge in [-0.1, -0.05) is 19.1 Å². The molecule has 0 spiro atoms. The fourth-order valence-electron chi connectivity index (χ4n) is 1.65. The zero-order valence-electron chi connectivity index (χ0n) is 11.1. The average Bonchev–Trinajstić information content (AvgIpc) is 2.36. The highest BCUT2D eigenvalue weighted by atomic mass is 32.2. The Morgan fingerprint density at radius 1 is 1.22 bits per heavy atom. The van der Waals surface area contributed by atoms with Crippen LogP contribution < -0.4 is 0 Å². The van der Waals surface area contributed by atoms with Gasteiger partial charge in [-0.15, -0.1) is 0 Å². The van der Waals surface area contributed by atoms with Crippen LogP contribution in [0.4, 0.5) is 0 Å². The van der Waals surface area contributed by atoms with E-state index >= 15 is 0 Å². The first kappa shape index (κ1) is 14.7. The Kier molecular flexibility index (Phi) is 4.92. The van der Waals surface area contributed by atoms with E-state index in [0.717, 1.165) is 12.0 Å². The lowest BCUT2D eigenvalue weighted by molar-refractivity contribution is 0.587. The number of sulfone groups is 1. The van der Waals surface area contributed by atoms with Crippen molar-refractivity contribution in [3.05, 3.63) is 29.8 Å². The van der Waals surface area contributed by atoms with E-state index in [0.29, 0.717) is 11.3 Å². The van der Waals surface area contributed by atoms with Crippen molar-refractivity contribution in [2.24, 2.45) is 5.92 Å². The van der Waals surface area contributed by atoms with Gasteiger partial charge in [0.05, 0.1) is 22.1 Å². The van der Waals surface area contributed by atoms with Crippen molar-refractivity contribution in [1.82, 2.24) is 0 Å². The minimum Gasteiger partial charge on any atom is -0.223 e. The first-order valence-corrected chi connectivity index (χ1v) is 7.68. The van der Waals surface area contributed by atoms with Crippen molar-refractivity contribution < 1.29 is 8.42 Å². The summed E-state index contributed by atoms with van der Waals surface area (Å²) in [6.07, 6.45) is 1.48. The van der Waals surface area contributed by atoms with Gasteiger partial charge in [-0.25, -0.2) is 8.42 Å². The second kappa shape index (κ2) is 6.01. The first-order chi connectivity index (χ1) is 8.41. The molecule has 3 nitrogen and oxygen atoms in total. The van der Waals surface area contributed by atoms with E-state index < -0.39 is 15.1 Å². The molecule has 4 heteroatoms. The Balaban J connectivity index is 2.91. The number of hydrogen-bond acceptors (Lipinski definition) is 3. The second-order valence-corrected chi connectivity index (χ2v) is 7.18. The Morgan fingerprint density at radius 2 is 1.78 bits per heavy atom. The van der Waals surface area contributed by atoms with Crippen molar-refractivity contribution in [1.29, 1.82) is 5.26 Å². The summed E-state index contributed by atoms with van der Waals surface area (Å²) < 4.78 is 23.9. The predicted molar refractivity (Wildman–Crippen MR) is 71.9 cm³/mol. The zero-order valence-corrected chi connectivity index (χ0v) is 11.9. The van der Waals surface area contributed by atoms with E-state index in [-0.39, 0.29) is 5.92 Å². The fourth-order valence-corrected chi connectivity index (χ4v) is 2.71. The van der Waals surface area contributed by atoms with Crippen LogP contribution in [0.15, 0.2) is 29.2 Å². The van der Waals surface area contributed by atoms with Crippen LogP contribution in [0.5, 0.6) is 0 Å². The summed E-state index contributed by atoms with van der Waals surface area (Å²) in [6, 6.07) is 9.11. The van der Waals surface area contributed by atoms with Gasteiger partial charge < -0.3 is 0 Å². The third-order valence-electron chi connectivity index (χ3n) is 3.03. The van der Waals surface area contributed by atoms with Gasteiger partial charge in [0.2, 0.25) is 0 Å². The lowest BCUT2D eigenvalue weighted by Crippen LogP contribution is -2.14. The number of nitriles is 1. The highest BCUT2D eigenvalue weighted by Crippen LogP contribution is 2.18. The Morgan fingerprint density at radius 3 is 2.17 bits per heavy atom. The van der Waals surface area contributed by atoms with Gasteiger partial charge in [-0.05, 0) is 44.4 Å². The molecular weight excluding hydrogens is 246 g/mol. The van der Waals surface area contributed by atoms with Crippen LogP contribution in [-0.4, -0.2) is 13.7 Å². The third-order valence-corrected chi connectivity index (χ3v) is 5.20. The maximum atomic E-state index is 11.9. The standard InChI is InChI=1S/C14H19NO2S/c1-4-12(10-15)9-13-5-7-14(8-6-13)18(16,17)11(2)3/h5-8,11-12H,4,9H2,1-3H3. The summed E-state index contributed by atoms with van der Waals surface area (Å²) in [4.78, 5) is 0.353. The van der Waals surface area contributed by atoms with Crippen LogP contribution in [0.3, 0.4) is 0 Å². The van der Waals surface area contributed by atoms with E-state index in [1.54, 1.807) is 38.1 Å². The van der Waals surface area contributed by atoms with Gasteiger partial charge in [0, 0.05) is 0 Å². The van der Waals surface area contributed by atoms with Crippen molar-refractivity contribution in [3.8, 4) is 6.07 Å². The molecule has 0 N–H and O–H groups in total. The number of benzene rings is 1. The Labute approximate surface area is 109 Å². The van der Waals surface area contributed by atoms with Crippen LogP contribution in [-0.2, 0) is 16.3 Å². The summed E-state index contributed by atoms with van der Waals surface area (Å²) >= 11 is 0. The van der Waals surface area contributed by atoms with E-state index in [1.807, 2.05) is 6.92 Å². The lowest BCUT2D eigenvalue weighted by atomic mass is 9.99. The summed E-state index contributed by atoms with van der Waals surface area (Å²) in [5, 5.41) is 8.49. The molecule has 0 fully saturated rings. The molecule has 18 heavy (non-hydrogen) atoms. The van der Waals surface area contributed by atoms with Crippen LogP contribution in [0.25, 0.3) is 0 Å². The fraction of sp³-hybridized carbons (Fsp3) is 0.500. The third kappa shape index (κ3) is 3.33. The Bertz CT molecular complexity index is 524. The highest BCUT2D eigenvalue weighted by molar-refractivity contribution is 7.92. The van der Waals surface area contributed by atoms with Crippen LogP contribution in [0, 0.1) is 17.2 Å². The molecule has 98 valence electrons. The van der Waals surface area contributed by atoms with Crippen molar-refractivity contribution in [2.45, 2.75) is 43.8 Å². The van der Waals surface area contributed by atoms with Crippen LogP contribution in [0.2, 0.25) is 0 Å². The van der Waals surface area contributed by atoms with Gasteiger partial charge in [-0.3, -0.25) is 0 Å². The van der Waals surface area contributed by atoms with E-state index in [4.69, 9.17) is 5.26 Å². The summed E-state index contributed by atoms with van der Waals surface area (Å²) in [6.45, 7) is 5.32. The van der Waals surface area contributed by atoms with E-state index in [1.165, 1.54) is 0 Å². The minimum atomic E-state index is -3.20. The van der Waals surface area contributed by atoms with Crippen molar-refractivity contribution in [3.63, 3.8) is 0 Å². The molecule has 0 aliphatic rings. The van der Waals surface area contributed by atoms with Crippen molar-refractivity contribution in [2.75, 3.05) is 0 Å². The lowest BCUT2D eigenvalue weighted by Gasteiger charge is -2.09. The van der Waals surface area contributed by atoms with Gasteiger partial charge in [-0.2, -0.15) is 5.26 Å².